The van der Waals surface area contributed by atoms with E-state index in [1.165, 1.54) is 10.1 Å². The van der Waals surface area contributed by atoms with Crippen molar-refractivity contribution in [1.82, 2.24) is 9.66 Å². The largest absolute Gasteiger partial charge is 0.487 e. The molecule has 6 nitrogen and oxygen atoms in total. The van der Waals surface area contributed by atoms with Crippen molar-refractivity contribution in [2.75, 3.05) is 0 Å². The zero-order valence-electron chi connectivity index (χ0n) is 22.0. The summed E-state index contributed by atoms with van der Waals surface area (Å²) in [5.41, 5.74) is 2.83. The molecular formula is C34H21Br2N3O3. The topological polar surface area (TPSA) is 69.6 Å². The number of ether oxygens (including phenoxy) is 1. The van der Waals surface area contributed by atoms with Crippen LogP contribution in [-0.2, 0) is 6.61 Å². The first-order valence-corrected chi connectivity index (χ1v) is 14.8. The molecule has 0 aliphatic rings. The van der Waals surface area contributed by atoms with E-state index in [2.05, 4.69) is 61.2 Å². The first-order valence-electron chi connectivity index (χ1n) is 13.2. The summed E-state index contributed by atoms with van der Waals surface area (Å²) in [4.78, 5) is 18.3. The number of rotatable bonds is 6. The maximum absolute atomic E-state index is 13.6. The van der Waals surface area contributed by atoms with E-state index in [4.69, 9.17) is 14.1 Å². The minimum absolute atomic E-state index is 0.291. The average molecular weight is 679 g/mol. The van der Waals surface area contributed by atoms with Gasteiger partial charge in [0.05, 0.1) is 26.1 Å². The van der Waals surface area contributed by atoms with Gasteiger partial charge in [-0.1, -0.05) is 72.8 Å². The second-order valence-electron chi connectivity index (χ2n) is 9.70. The minimum atomic E-state index is -0.291. The summed E-state index contributed by atoms with van der Waals surface area (Å²) in [5.74, 6) is 1.45. The molecular weight excluding hydrogens is 658 g/mol. The van der Waals surface area contributed by atoms with Crippen LogP contribution < -0.4 is 10.3 Å². The molecule has 204 valence electrons. The third-order valence-electron chi connectivity index (χ3n) is 6.99. The van der Waals surface area contributed by atoms with Crippen molar-refractivity contribution in [3.8, 4) is 17.3 Å². The van der Waals surface area contributed by atoms with Crippen molar-refractivity contribution in [3.05, 3.63) is 140 Å². The Morgan fingerprint density at radius 1 is 0.810 bits per heavy atom. The van der Waals surface area contributed by atoms with Gasteiger partial charge in [-0.3, -0.25) is 4.79 Å². The van der Waals surface area contributed by atoms with Crippen LogP contribution in [-0.4, -0.2) is 15.9 Å². The maximum atomic E-state index is 13.6. The molecule has 0 unspecified atom stereocenters. The fraction of sp³-hybridized carbons (Fsp3) is 0.0294. The number of fused-ring (bicyclic) bond motifs is 3. The van der Waals surface area contributed by atoms with Crippen molar-refractivity contribution in [2.24, 2.45) is 5.10 Å². The molecule has 2 aromatic heterocycles. The smallest absolute Gasteiger partial charge is 0.282 e. The molecule has 0 atom stereocenters. The molecule has 0 saturated heterocycles. The second kappa shape index (κ2) is 11.0. The molecule has 42 heavy (non-hydrogen) atoms. The molecule has 0 spiro atoms. The highest BCUT2D eigenvalue weighted by atomic mass is 79.9. The van der Waals surface area contributed by atoms with E-state index >= 15 is 0 Å². The Morgan fingerprint density at radius 3 is 2.31 bits per heavy atom. The minimum Gasteiger partial charge on any atom is -0.487 e. The standard InChI is InChI=1S/C34H21Br2N3O3/c35-27-16-21(17-28(36)32(27)41-20-24-11-7-10-22-8-1-3-12-25(22)24)19-37-39-33(31-18-23-9-2-6-15-30(23)42-31)38-29-14-5-4-13-26(29)34(39)40/h1-19H,20H2. The van der Waals surface area contributed by atoms with Gasteiger partial charge in [0.25, 0.3) is 5.56 Å². The van der Waals surface area contributed by atoms with Crippen LogP contribution in [0.25, 0.3) is 44.2 Å². The number of hydrogen-bond donors (Lipinski definition) is 0. The third-order valence-corrected chi connectivity index (χ3v) is 8.17. The summed E-state index contributed by atoms with van der Waals surface area (Å²) in [6.45, 7) is 0.408. The SMILES string of the molecule is O=c1c2ccccc2nc(-c2cc3ccccc3o2)n1N=Cc1cc(Br)c(OCc2cccc3ccccc23)c(Br)c1. The average Bonchev–Trinajstić information content (AvgIpc) is 3.44. The Hall–Kier alpha value is -4.53. The van der Waals surface area contributed by atoms with E-state index in [9.17, 15) is 4.79 Å². The molecule has 7 aromatic rings. The quantitative estimate of drug-likeness (QED) is 0.165. The molecule has 8 heteroatoms. The monoisotopic (exact) mass is 677 g/mol. The molecule has 0 bridgehead atoms. The van der Waals surface area contributed by atoms with Gasteiger partial charge in [-0.05, 0) is 90.2 Å². The maximum Gasteiger partial charge on any atom is 0.282 e. The Balaban J connectivity index is 1.24. The molecule has 7 rings (SSSR count). The molecule has 2 heterocycles. The number of para-hydroxylation sites is 2. The molecule has 0 aliphatic carbocycles. The third kappa shape index (κ3) is 4.93. The van der Waals surface area contributed by atoms with Gasteiger partial charge >= 0.3 is 0 Å². The lowest BCUT2D eigenvalue weighted by atomic mass is 10.1. The van der Waals surface area contributed by atoms with Gasteiger partial charge in [-0.2, -0.15) is 9.78 Å². The van der Waals surface area contributed by atoms with Gasteiger partial charge in [0.15, 0.2) is 5.76 Å². The molecule has 0 aliphatic heterocycles. The van der Waals surface area contributed by atoms with Gasteiger partial charge in [0.2, 0.25) is 5.82 Å². The number of halogens is 2. The van der Waals surface area contributed by atoms with Crippen molar-refractivity contribution in [1.29, 1.82) is 0 Å². The van der Waals surface area contributed by atoms with Crippen molar-refractivity contribution in [3.63, 3.8) is 0 Å². The predicted octanol–water partition coefficient (Wildman–Crippen LogP) is 8.95. The second-order valence-corrected chi connectivity index (χ2v) is 11.4. The molecule has 0 N–H and O–H groups in total. The number of nitrogens with zero attached hydrogens (tertiary/aromatic N) is 3. The normalized spacial score (nSPS) is 11.7. The highest BCUT2D eigenvalue weighted by Gasteiger charge is 2.17. The Bertz CT molecular complexity index is 2160. The molecule has 0 radical (unpaired) electrons. The number of furan rings is 1. The van der Waals surface area contributed by atoms with Gasteiger partial charge in [-0.15, -0.1) is 0 Å². The Labute approximate surface area is 257 Å². The van der Waals surface area contributed by atoms with Crippen LogP contribution in [0.15, 0.2) is 132 Å². The van der Waals surface area contributed by atoms with E-state index in [1.54, 1.807) is 12.3 Å². The zero-order chi connectivity index (χ0) is 28.6. The van der Waals surface area contributed by atoms with Crippen LogP contribution in [0.2, 0.25) is 0 Å². The zero-order valence-corrected chi connectivity index (χ0v) is 25.2. The van der Waals surface area contributed by atoms with E-state index in [0.717, 1.165) is 30.8 Å². The first-order chi connectivity index (χ1) is 20.5. The summed E-state index contributed by atoms with van der Waals surface area (Å²) in [5, 5.41) is 8.30. The fourth-order valence-electron chi connectivity index (χ4n) is 4.97. The molecule has 0 fully saturated rings. The van der Waals surface area contributed by atoms with Crippen LogP contribution in [0.1, 0.15) is 11.1 Å². The van der Waals surface area contributed by atoms with Crippen LogP contribution >= 0.6 is 31.9 Å². The highest BCUT2D eigenvalue weighted by Crippen LogP contribution is 2.35. The predicted molar refractivity (Wildman–Crippen MR) is 174 cm³/mol. The lowest BCUT2D eigenvalue weighted by Gasteiger charge is -2.13. The van der Waals surface area contributed by atoms with Crippen LogP contribution in [0.3, 0.4) is 0 Å². The van der Waals surface area contributed by atoms with Crippen molar-refractivity contribution < 1.29 is 9.15 Å². The van der Waals surface area contributed by atoms with Crippen molar-refractivity contribution in [2.45, 2.75) is 6.61 Å². The van der Waals surface area contributed by atoms with Crippen molar-refractivity contribution >= 4 is 70.7 Å². The van der Waals surface area contributed by atoms with Gasteiger partial charge in [0.1, 0.15) is 17.9 Å². The van der Waals surface area contributed by atoms with Crippen LogP contribution in [0, 0.1) is 0 Å². The fourth-order valence-corrected chi connectivity index (χ4v) is 6.42. The number of benzene rings is 5. The Morgan fingerprint density at radius 2 is 1.50 bits per heavy atom. The van der Waals surface area contributed by atoms with Crippen LogP contribution in [0.5, 0.6) is 5.75 Å². The molecule has 0 amide bonds. The number of hydrogen-bond acceptors (Lipinski definition) is 5. The van der Waals surface area contributed by atoms with Gasteiger partial charge in [0, 0.05) is 5.39 Å². The first kappa shape index (κ1) is 26.4. The lowest BCUT2D eigenvalue weighted by Crippen LogP contribution is -2.20. The summed E-state index contributed by atoms with van der Waals surface area (Å²) >= 11 is 7.31. The van der Waals surface area contributed by atoms with E-state index < -0.39 is 0 Å². The summed E-state index contributed by atoms with van der Waals surface area (Å²) in [6, 6.07) is 35.0. The van der Waals surface area contributed by atoms with E-state index in [-0.39, 0.29) is 5.56 Å². The summed E-state index contributed by atoms with van der Waals surface area (Å²) < 4.78 is 15.1. The molecule has 0 saturated carbocycles. The molecule has 5 aromatic carbocycles. The summed E-state index contributed by atoms with van der Waals surface area (Å²) in [7, 11) is 0. The van der Waals surface area contributed by atoms with Crippen LogP contribution in [0.4, 0.5) is 0 Å². The summed E-state index contributed by atoms with van der Waals surface area (Å²) in [6.07, 6.45) is 1.62. The lowest BCUT2D eigenvalue weighted by molar-refractivity contribution is 0.303. The van der Waals surface area contributed by atoms with Gasteiger partial charge < -0.3 is 9.15 Å². The van der Waals surface area contributed by atoms with E-state index in [1.807, 2.05) is 78.9 Å². The van der Waals surface area contributed by atoms with E-state index in [0.29, 0.717) is 40.4 Å². The Kier molecular flexibility index (Phi) is 6.93. The van der Waals surface area contributed by atoms with Gasteiger partial charge in [-0.25, -0.2) is 4.98 Å². The number of aromatic nitrogens is 2. The highest BCUT2D eigenvalue weighted by molar-refractivity contribution is 9.11.